The van der Waals surface area contributed by atoms with E-state index in [0.717, 1.165) is 22.3 Å². The lowest BCUT2D eigenvalue weighted by Gasteiger charge is -2.38. The van der Waals surface area contributed by atoms with Gasteiger partial charge in [0.2, 0.25) is 0 Å². The van der Waals surface area contributed by atoms with Gasteiger partial charge in [-0.1, -0.05) is 0 Å². The summed E-state index contributed by atoms with van der Waals surface area (Å²) in [6.07, 6.45) is 0.541. The molecule has 122 valence electrons. The molecule has 3 rings (SSSR count). The number of benzene rings is 2. The lowest BCUT2D eigenvalue weighted by atomic mass is 9.74. The van der Waals surface area contributed by atoms with Crippen molar-refractivity contribution in [1.82, 2.24) is 0 Å². The van der Waals surface area contributed by atoms with Gasteiger partial charge < -0.3 is 24.4 Å². The van der Waals surface area contributed by atoms with Crippen molar-refractivity contribution in [3.63, 3.8) is 0 Å². The Morgan fingerprint density at radius 3 is 1.61 bits per heavy atom. The molecule has 0 amide bonds. The Labute approximate surface area is 135 Å². The van der Waals surface area contributed by atoms with Crippen molar-refractivity contribution in [2.24, 2.45) is 0 Å². The summed E-state index contributed by atoms with van der Waals surface area (Å²) in [6.45, 7) is 1.93. The first-order chi connectivity index (χ1) is 10.9. The van der Waals surface area contributed by atoms with Gasteiger partial charge in [-0.3, -0.25) is 0 Å². The maximum atomic E-state index is 9.95. The number of fused-ring (bicyclic) bond motifs is 2. The van der Waals surface area contributed by atoms with E-state index in [4.69, 9.17) is 14.2 Å². The van der Waals surface area contributed by atoms with Crippen LogP contribution in [-0.4, -0.2) is 31.5 Å². The number of phenolic OH excluding ortho intramolecular Hbond substituents is 2. The maximum absolute atomic E-state index is 9.95. The fourth-order valence-electron chi connectivity index (χ4n) is 3.53. The van der Waals surface area contributed by atoms with E-state index >= 15 is 0 Å². The average molecular weight is 316 g/mol. The number of methoxy groups -OCH3 is 3. The number of hydrogen-bond donors (Lipinski definition) is 2. The molecule has 5 heteroatoms. The molecule has 0 fully saturated rings. The van der Waals surface area contributed by atoms with Gasteiger partial charge in [0.1, 0.15) is 28.6 Å². The largest absolute Gasteiger partial charge is 0.508 e. The van der Waals surface area contributed by atoms with Crippen molar-refractivity contribution < 1.29 is 24.4 Å². The first kappa shape index (κ1) is 15.5. The molecule has 5 nitrogen and oxygen atoms in total. The zero-order valence-corrected chi connectivity index (χ0v) is 13.6. The molecule has 0 bridgehead atoms. The second kappa shape index (κ2) is 5.35. The quantitative estimate of drug-likeness (QED) is 0.911. The SMILES string of the molecule is COc1cc(O)cc2c1C(C)(OC)c1c(cc(O)cc1OC)C2. The Hall–Kier alpha value is -2.40. The summed E-state index contributed by atoms with van der Waals surface area (Å²) in [7, 11) is 4.75. The molecule has 0 radical (unpaired) electrons. The predicted octanol–water partition coefficient (Wildman–Crippen LogP) is 2.93. The molecule has 0 unspecified atom stereocenters. The molecule has 1 aliphatic carbocycles. The van der Waals surface area contributed by atoms with Crippen molar-refractivity contribution in [3.05, 3.63) is 46.5 Å². The molecule has 0 saturated carbocycles. The number of hydrogen-bond acceptors (Lipinski definition) is 5. The fourth-order valence-corrected chi connectivity index (χ4v) is 3.53. The normalized spacial score (nSPS) is 14.8. The second-order valence-corrected chi connectivity index (χ2v) is 5.78. The van der Waals surface area contributed by atoms with Crippen LogP contribution < -0.4 is 9.47 Å². The lowest BCUT2D eigenvalue weighted by Crippen LogP contribution is -2.33. The molecule has 23 heavy (non-hydrogen) atoms. The number of aromatic hydroxyl groups is 2. The Balaban J connectivity index is 2.37. The van der Waals surface area contributed by atoms with Gasteiger partial charge in [0.05, 0.1) is 14.2 Å². The molecule has 0 aromatic heterocycles. The zero-order valence-electron chi connectivity index (χ0n) is 13.6. The van der Waals surface area contributed by atoms with Crippen LogP contribution in [0.5, 0.6) is 23.0 Å². The van der Waals surface area contributed by atoms with Crippen molar-refractivity contribution in [3.8, 4) is 23.0 Å². The van der Waals surface area contributed by atoms with Crippen LogP contribution in [0.15, 0.2) is 24.3 Å². The van der Waals surface area contributed by atoms with E-state index < -0.39 is 5.60 Å². The van der Waals surface area contributed by atoms with Crippen molar-refractivity contribution in [1.29, 1.82) is 0 Å². The van der Waals surface area contributed by atoms with Crippen LogP contribution in [0.4, 0.5) is 0 Å². The van der Waals surface area contributed by atoms with Gasteiger partial charge in [-0.05, 0) is 36.6 Å². The van der Waals surface area contributed by atoms with Crippen LogP contribution in [0.2, 0.25) is 0 Å². The summed E-state index contributed by atoms with van der Waals surface area (Å²) in [5, 5.41) is 19.9. The molecule has 0 saturated heterocycles. The van der Waals surface area contributed by atoms with Crippen LogP contribution in [0.25, 0.3) is 0 Å². The van der Waals surface area contributed by atoms with E-state index in [9.17, 15) is 10.2 Å². The van der Waals surface area contributed by atoms with Gasteiger partial charge >= 0.3 is 0 Å². The van der Waals surface area contributed by atoms with Gasteiger partial charge in [-0.2, -0.15) is 0 Å². The average Bonchev–Trinajstić information content (AvgIpc) is 2.52. The first-order valence-corrected chi connectivity index (χ1v) is 7.30. The van der Waals surface area contributed by atoms with Gasteiger partial charge in [-0.25, -0.2) is 0 Å². The third-order valence-electron chi connectivity index (χ3n) is 4.52. The van der Waals surface area contributed by atoms with Gasteiger partial charge in [-0.15, -0.1) is 0 Å². The van der Waals surface area contributed by atoms with Crippen LogP contribution in [0.3, 0.4) is 0 Å². The minimum absolute atomic E-state index is 0.134. The second-order valence-electron chi connectivity index (χ2n) is 5.78. The van der Waals surface area contributed by atoms with E-state index in [-0.39, 0.29) is 11.5 Å². The molecule has 0 aliphatic heterocycles. The molecular formula is C18H20O5. The summed E-state index contributed by atoms with van der Waals surface area (Å²) < 4.78 is 16.8. The van der Waals surface area contributed by atoms with E-state index in [1.807, 2.05) is 6.92 Å². The molecule has 2 N–H and O–H groups in total. The van der Waals surface area contributed by atoms with Crippen LogP contribution in [-0.2, 0) is 16.8 Å². The maximum Gasteiger partial charge on any atom is 0.129 e. The Morgan fingerprint density at radius 2 is 1.26 bits per heavy atom. The van der Waals surface area contributed by atoms with E-state index in [0.29, 0.717) is 17.9 Å². The highest BCUT2D eigenvalue weighted by atomic mass is 16.5. The number of phenols is 2. The molecule has 0 spiro atoms. The summed E-state index contributed by atoms with van der Waals surface area (Å²) in [5.41, 5.74) is 2.69. The number of rotatable bonds is 3. The third kappa shape index (κ3) is 2.19. The van der Waals surface area contributed by atoms with Crippen LogP contribution in [0, 0.1) is 0 Å². The van der Waals surface area contributed by atoms with Crippen molar-refractivity contribution in [2.75, 3.05) is 21.3 Å². The van der Waals surface area contributed by atoms with E-state index in [2.05, 4.69) is 0 Å². The summed E-state index contributed by atoms with van der Waals surface area (Å²) in [6, 6.07) is 6.56. The van der Waals surface area contributed by atoms with Crippen molar-refractivity contribution >= 4 is 0 Å². The molecule has 0 atom stereocenters. The summed E-state index contributed by atoms with van der Waals surface area (Å²) in [5.74, 6) is 1.39. The molecule has 1 aliphatic rings. The molecular weight excluding hydrogens is 296 g/mol. The zero-order chi connectivity index (χ0) is 16.8. The van der Waals surface area contributed by atoms with Gasteiger partial charge in [0.15, 0.2) is 0 Å². The van der Waals surface area contributed by atoms with E-state index in [1.165, 1.54) is 0 Å². The molecule has 0 heterocycles. The smallest absolute Gasteiger partial charge is 0.129 e. The van der Waals surface area contributed by atoms with Gasteiger partial charge in [0, 0.05) is 30.4 Å². The standard InChI is InChI=1S/C18H20O5/c1-18(23-4)16-10(6-12(19)8-14(16)21-2)5-11-7-13(20)9-15(22-3)17(11)18/h6-9,19-20H,5H2,1-4H3. The minimum Gasteiger partial charge on any atom is -0.508 e. The monoisotopic (exact) mass is 316 g/mol. The Morgan fingerprint density at radius 1 is 0.826 bits per heavy atom. The Kier molecular flexibility index (Phi) is 3.60. The highest BCUT2D eigenvalue weighted by molar-refractivity contribution is 5.63. The fraction of sp³-hybridized carbons (Fsp3) is 0.333. The van der Waals surface area contributed by atoms with E-state index in [1.54, 1.807) is 45.6 Å². The minimum atomic E-state index is -0.818. The van der Waals surface area contributed by atoms with Crippen LogP contribution in [0.1, 0.15) is 29.2 Å². The predicted molar refractivity (Wildman–Crippen MR) is 85.6 cm³/mol. The highest BCUT2D eigenvalue weighted by Crippen LogP contribution is 2.51. The third-order valence-corrected chi connectivity index (χ3v) is 4.52. The van der Waals surface area contributed by atoms with Crippen molar-refractivity contribution in [2.45, 2.75) is 18.9 Å². The first-order valence-electron chi connectivity index (χ1n) is 7.30. The Bertz CT molecular complexity index is 707. The summed E-state index contributed by atoms with van der Waals surface area (Å²) in [4.78, 5) is 0. The molecule has 2 aromatic rings. The summed E-state index contributed by atoms with van der Waals surface area (Å²) >= 11 is 0. The lowest BCUT2D eigenvalue weighted by molar-refractivity contribution is 0.0315. The van der Waals surface area contributed by atoms with Crippen LogP contribution >= 0.6 is 0 Å². The molecule has 2 aromatic carbocycles. The topological polar surface area (TPSA) is 68.2 Å². The highest BCUT2D eigenvalue weighted by Gasteiger charge is 2.42. The van der Waals surface area contributed by atoms with Gasteiger partial charge in [0.25, 0.3) is 0 Å². The number of ether oxygens (including phenoxy) is 3.